The van der Waals surface area contributed by atoms with Crippen molar-refractivity contribution in [3.8, 4) is 5.75 Å². The van der Waals surface area contributed by atoms with Gasteiger partial charge in [-0.2, -0.15) is 0 Å². The molecular formula is C17H18O2. The molecule has 0 bridgehead atoms. The molecule has 98 valence electrons. The predicted molar refractivity (Wildman–Crippen MR) is 76.7 cm³/mol. The Morgan fingerprint density at radius 3 is 2.11 bits per heavy atom. The second-order valence-corrected chi connectivity index (χ2v) is 5.28. The number of Topliss-reactive ketones (excluding diaryl/α,β-unsaturated/α-hetero) is 1. The SMILES string of the molecule is CC(=O)c1ccc(C(C)(C)c2ccccc2O)cc1. The van der Waals surface area contributed by atoms with E-state index in [9.17, 15) is 9.90 Å². The number of rotatable bonds is 3. The molecule has 0 atom stereocenters. The van der Waals surface area contributed by atoms with Gasteiger partial charge in [-0.25, -0.2) is 0 Å². The molecule has 1 N–H and O–H groups in total. The van der Waals surface area contributed by atoms with Crippen molar-refractivity contribution in [3.05, 3.63) is 65.2 Å². The highest BCUT2D eigenvalue weighted by molar-refractivity contribution is 5.94. The van der Waals surface area contributed by atoms with Crippen LogP contribution in [0.3, 0.4) is 0 Å². The van der Waals surface area contributed by atoms with Crippen LogP contribution in [-0.4, -0.2) is 10.9 Å². The molecule has 0 radical (unpaired) electrons. The minimum atomic E-state index is -0.305. The Hall–Kier alpha value is -2.09. The molecule has 19 heavy (non-hydrogen) atoms. The van der Waals surface area contributed by atoms with Gasteiger partial charge in [0, 0.05) is 16.5 Å². The van der Waals surface area contributed by atoms with Gasteiger partial charge >= 0.3 is 0 Å². The van der Waals surface area contributed by atoms with E-state index < -0.39 is 0 Å². The van der Waals surface area contributed by atoms with Gasteiger partial charge in [0.15, 0.2) is 5.78 Å². The molecule has 2 rings (SSSR count). The molecular weight excluding hydrogens is 236 g/mol. The minimum absolute atomic E-state index is 0.0620. The van der Waals surface area contributed by atoms with Crippen LogP contribution in [0, 0.1) is 0 Å². The van der Waals surface area contributed by atoms with Crippen LogP contribution in [0.5, 0.6) is 5.75 Å². The van der Waals surface area contributed by atoms with Crippen LogP contribution in [0.1, 0.15) is 42.3 Å². The third kappa shape index (κ3) is 2.53. The first-order valence-electron chi connectivity index (χ1n) is 6.33. The maximum Gasteiger partial charge on any atom is 0.159 e. The number of aromatic hydroxyl groups is 1. The molecule has 0 amide bonds. The zero-order chi connectivity index (χ0) is 14.0. The van der Waals surface area contributed by atoms with Gasteiger partial charge in [-0.15, -0.1) is 0 Å². The summed E-state index contributed by atoms with van der Waals surface area (Å²) in [6, 6.07) is 14.9. The van der Waals surface area contributed by atoms with Crippen molar-refractivity contribution in [2.24, 2.45) is 0 Å². The van der Waals surface area contributed by atoms with Gasteiger partial charge in [-0.1, -0.05) is 56.3 Å². The summed E-state index contributed by atoms with van der Waals surface area (Å²) in [6.45, 7) is 5.68. The molecule has 0 spiro atoms. The molecule has 0 unspecified atom stereocenters. The van der Waals surface area contributed by atoms with Gasteiger partial charge in [0.1, 0.15) is 5.75 Å². The summed E-state index contributed by atoms with van der Waals surface area (Å²) in [7, 11) is 0. The zero-order valence-corrected chi connectivity index (χ0v) is 11.5. The summed E-state index contributed by atoms with van der Waals surface area (Å²) in [5.41, 5.74) is 2.35. The highest BCUT2D eigenvalue weighted by Crippen LogP contribution is 2.36. The van der Waals surface area contributed by atoms with Crippen LogP contribution in [0.25, 0.3) is 0 Å². The lowest BCUT2D eigenvalue weighted by Crippen LogP contribution is -2.19. The second kappa shape index (κ2) is 4.88. The van der Waals surface area contributed by atoms with Crippen LogP contribution >= 0.6 is 0 Å². The fraction of sp³-hybridized carbons (Fsp3) is 0.235. The Kier molecular flexibility index (Phi) is 3.43. The molecule has 0 aliphatic rings. The van der Waals surface area contributed by atoms with Crippen molar-refractivity contribution in [1.82, 2.24) is 0 Å². The molecule has 0 aromatic heterocycles. The van der Waals surface area contributed by atoms with Gasteiger partial charge in [-0.3, -0.25) is 4.79 Å². The smallest absolute Gasteiger partial charge is 0.159 e. The Bertz CT molecular complexity index is 595. The number of phenols is 1. The first-order valence-corrected chi connectivity index (χ1v) is 6.33. The van der Waals surface area contributed by atoms with E-state index in [1.165, 1.54) is 0 Å². The molecule has 2 nitrogen and oxygen atoms in total. The zero-order valence-electron chi connectivity index (χ0n) is 11.5. The van der Waals surface area contributed by atoms with E-state index in [0.717, 1.165) is 11.1 Å². The van der Waals surface area contributed by atoms with Gasteiger partial charge in [0.05, 0.1) is 0 Å². The summed E-state index contributed by atoms with van der Waals surface area (Å²) in [6.07, 6.45) is 0. The van der Waals surface area contributed by atoms with Crippen molar-refractivity contribution < 1.29 is 9.90 Å². The molecule has 0 aliphatic heterocycles. The number of para-hydroxylation sites is 1. The largest absolute Gasteiger partial charge is 0.508 e. The Balaban J connectivity index is 2.45. The van der Waals surface area contributed by atoms with E-state index in [1.807, 2.05) is 42.5 Å². The predicted octanol–water partition coefficient (Wildman–Crippen LogP) is 3.92. The number of benzene rings is 2. The van der Waals surface area contributed by atoms with Gasteiger partial charge in [0.25, 0.3) is 0 Å². The molecule has 0 aliphatic carbocycles. The van der Waals surface area contributed by atoms with Crippen molar-refractivity contribution in [3.63, 3.8) is 0 Å². The van der Waals surface area contributed by atoms with Gasteiger partial charge in [-0.05, 0) is 18.6 Å². The van der Waals surface area contributed by atoms with E-state index in [-0.39, 0.29) is 11.2 Å². The van der Waals surface area contributed by atoms with Crippen LogP contribution in [0.4, 0.5) is 0 Å². The Labute approximate surface area is 113 Å². The van der Waals surface area contributed by atoms with E-state index in [2.05, 4.69) is 13.8 Å². The topological polar surface area (TPSA) is 37.3 Å². The molecule has 0 fully saturated rings. The average Bonchev–Trinajstić information content (AvgIpc) is 2.39. The number of ketones is 1. The summed E-state index contributed by atoms with van der Waals surface area (Å²) < 4.78 is 0. The third-order valence-corrected chi connectivity index (χ3v) is 3.59. The molecule has 0 saturated carbocycles. The first-order chi connectivity index (χ1) is 8.93. The minimum Gasteiger partial charge on any atom is -0.508 e. The lowest BCUT2D eigenvalue weighted by atomic mass is 9.77. The third-order valence-electron chi connectivity index (χ3n) is 3.59. The maximum atomic E-state index is 11.3. The highest BCUT2D eigenvalue weighted by atomic mass is 16.3. The van der Waals surface area contributed by atoms with Crippen LogP contribution in [0.15, 0.2) is 48.5 Å². The van der Waals surface area contributed by atoms with Crippen molar-refractivity contribution >= 4 is 5.78 Å². The Morgan fingerprint density at radius 1 is 1.00 bits per heavy atom. The standard InChI is InChI=1S/C17H18O2/c1-12(18)13-8-10-14(11-9-13)17(2,3)15-6-4-5-7-16(15)19/h4-11,19H,1-3H3. The van der Waals surface area contributed by atoms with Gasteiger partial charge < -0.3 is 5.11 Å². The fourth-order valence-electron chi connectivity index (χ4n) is 2.28. The number of carbonyl (C=O) groups excluding carboxylic acids is 1. The molecule has 2 aromatic carbocycles. The maximum absolute atomic E-state index is 11.3. The molecule has 2 heteroatoms. The first kappa shape index (κ1) is 13.3. The van der Waals surface area contributed by atoms with Gasteiger partial charge in [0.2, 0.25) is 0 Å². The number of hydrogen-bond donors (Lipinski definition) is 1. The highest BCUT2D eigenvalue weighted by Gasteiger charge is 2.25. The summed E-state index contributed by atoms with van der Waals surface area (Å²) >= 11 is 0. The number of carbonyl (C=O) groups is 1. The van der Waals surface area contributed by atoms with Crippen LogP contribution < -0.4 is 0 Å². The van der Waals surface area contributed by atoms with E-state index in [1.54, 1.807) is 13.0 Å². The summed E-state index contributed by atoms with van der Waals surface area (Å²) in [4.78, 5) is 11.3. The van der Waals surface area contributed by atoms with E-state index in [0.29, 0.717) is 11.3 Å². The fourth-order valence-corrected chi connectivity index (χ4v) is 2.28. The number of phenolic OH excluding ortho intramolecular Hbond substituents is 1. The normalized spacial score (nSPS) is 11.3. The average molecular weight is 254 g/mol. The Morgan fingerprint density at radius 2 is 1.58 bits per heavy atom. The van der Waals surface area contributed by atoms with Crippen molar-refractivity contribution in [1.29, 1.82) is 0 Å². The van der Waals surface area contributed by atoms with Crippen LogP contribution in [0.2, 0.25) is 0 Å². The molecule has 0 saturated heterocycles. The quantitative estimate of drug-likeness (QED) is 0.843. The summed E-state index contributed by atoms with van der Waals surface area (Å²) in [5.74, 6) is 0.357. The van der Waals surface area contributed by atoms with Crippen molar-refractivity contribution in [2.75, 3.05) is 0 Å². The lowest BCUT2D eigenvalue weighted by molar-refractivity contribution is 0.101. The summed E-state index contributed by atoms with van der Waals surface area (Å²) in [5, 5.41) is 10.00. The van der Waals surface area contributed by atoms with E-state index >= 15 is 0 Å². The molecule has 2 aromatic rings. The van der Waals surface area contributed by atoms with Crippen molar-refractivity contribution in [2.45, 2.75) is 26.2 Å². The number of hydrogen-bond acceptors (Lipinski definition) is 2. The van der Waals surface area contributed by atoms with Crippen LogP contribution in [-0.2, 0) is 5.41 Å². The lowest BCUT2D eigenvalue weighted by Gasteiger charge is -2.27. The molecule has 0 heterocycles. The van der Waals surface area contributed by atoms with E-state index in [4.69, 9.17) is 0 Å². The second-order valence-electron chi connectivity index (χ2n) is 5.28. The monoisotopic (exact) mass is 254 g/mol.